The Morgan fingerprint density at radius 2 is 2.00 bits per heavy atom. The summed E-state index contributed by atoms with van der Waals surface area (Å²) in [5.74, 6) is 0.0753. The second-order valence-corrected chi connectivity index (χ2v) is 10.7. The van der Waals surface area contributed by atoms with Gasteiger partial charge >= 0.3 is 0 Å². The molecule has 0 bridgehead atoms. The average molecular weight is 591 g/mol. The Bertz CT molecular complexity index is 1530. The first-order chi connectivity index (χ1) is 20.5. The van der Waals surface area contributed by atoms with Crippen molar-refractivity contribution < 1.29 is 33.7 Å². The van der Waals surface area contributed by atoms with E-state index in [4.69, 9.17) is 24.8 Å². The van der Waals surface area contributed by atoms with Gasteiger partial charge in [0.05, 0.1) is 38.1 Å². The van der Waals surface area contributed by atoms with Crippen LogP contribution < -0.4 is 25.4 Å². The smallest absolute Gasteiger partial charge is 0.284 e. The number of nitriles is 1. The van der Waals surface area contributed by atoms with E-state index in [1.165, 1.54) is 13.8 Å². The lowest BCUT2D eigenvalue weighted by molar-refractivity contribution is -0.128. The van der Waals surface area contributed by atoms with Crippen LogP contribution in [0.5, 0.6) is 17.4 Å². The molecule has 1 aliphatic heterocycles. The zero-order valence-electron chi connectivity index (χ0n) is 24.4. The molecule has 2 aromatic carbocycles. The normalized spacial score (nSPS) is 14.7. The lowest BCUT2D eigenvalue weighted by atomic mass is 10.1. The van der Waals surface area contributed by atoms with E-state index in [1.807, 2.05) is 6.07 Å². The van der Waals surface area contributed by atoms with Crippen LogP contribution >= 0.6 is 0 Å². The van der Waals surface area contributed by atoms with E-state index in [2.05, 4.69) is 21.5 Å². The van der Waals surface area contributed by atoms with E-state index in [1.54, 1.807) is 55.5 Å². The van der Waals surface area contributed by atoms with Crippen molar-refractivity contribution in [1.29, 1.82) is 5.26 Å². The molecule has 43 heavy (non-hydrogen) atoms. The summed E-state index contributed by atoms with van der Waals surface area (Å²) in [5, 5.41) is 19.2. The number of hydroxylamine groups is 1. The summed E-state index contributed by atoms with van der Waals surface area (Å²) in [7, 11) is 3.13. The van der Waals surface area contributed by atoms with Crippen molar-refractivity contribution in [2.24, 2.45) is 5.92 Å². The molecule has 13 heteroatoms. The Morgan fingerprint density at radius 3 is 2.70 bits per heavy atom. The van der Waals surface area contributed by atoms with Gasteiger partial charge in [0.1, 0.15) is 29.5 Å². The Kier molecular flexibility index (Phi) is 9.64. The zero-order chi connectivity index (χ0) is 31.1. The number of aromatic nitrogens is 2. The van der Waals surface area contributed by atoms with E-state index < -0.39 is 11.5 Å². The predicted octanol–water partition coefficient (Wildman–Crippen LogP) is 2.47. The van der Waals surface area contributed by atoms with Gasteiger partial charge in [-0.1, -0.05) is 12.1 Å². The number of likely N-dealkylation sites (tertiary alicyclic amines) is 1. The first kappa shape index (κ1) is 31.0. The van der Waals surface area contributed by atoms with Gasteiger partial charge in [-0.2, -0.15) is 10.2 Å². The van der Waals surface area contributed by atoms with Gasteiger partial charge in [0.2, 0.25) is 11.8 Å². The number of nitrogen functional groups attached to an aromatic ring is 1. The second-order valence-electron chi connectivity index (χ2n) is 10.7. The standard InChI is InChI=1S/C30H34N6O7/c1-30(2,39)17-43-35-28(38)25-26(32)33-27(20-7-5-6-18(10-20)13-31)34-29(25)42-16-19-11-24(37)36(14-19)15-21-8-9-22(40-3)12-23(21)41-4/h5-10,12,19,39H,11,14-17H2,1-4H3,(H,35,38)(H2,32,33,34). The van der Waals surface area contributed by atoms with Crippen LogP contribution in [0.25, 0.3) is 11.4 Å². The van der Waals surface area contributed by atoms with Gasteiger partial charge in [0.25, 0.3) is 5.91 Å². The molecule has 1 atom stereocenters. The third-order valence-electron chi connectivity index (χ3n) is 6.58. The molecule has 2 amide bonds. The number of carbonyl (C=O) groups is 2. The highest BCUT2D eigenvalue weighted by atomic mass is 16.7. The minimum Gasteiger partial charge on any atom is -0.497 e. The van der Waals surface area contributed by atoms with E-state index in [0.29, 0.717) is 35.7 Å². The molecular formula is C30H34N6O7. The largest absolute Gasteiger partial charge is 0.497 e. The highest BCUT2D eigenvalue weighted by Gasteiger charge is 2.32. The van der Waals surface area contributed by atoms with Crippen LogP contribution in [0, 0.1) is 17.2 Å². The summed E-state index contributed by atoms with van der Waals surface area (Å²) in [6, 6.07) is 14.1. The van der Waals surface area contributed by atoms with Crippen LogP contribution in [0.4, 0.5) is 5.82 Å². The van der Waals surface area contributed by atoms with Gasteiger partial charge in [-0.05, 0) is 38.1 Å². The highest BCUT2D eigenvalue weighted by molar-refractivity contribution is 6.00. The summed E-state index contributed by atoms with van der Waals surface area (Å²) in [4.78, 5) is 41.5. The Balaban J connectivity index is 1.54. The fraction of sp³-hybridized carbons (Fsp3) is 0.367. The number of aliphatic hydroxyl groups is 1. The number of anilines is 1. The topological polar surface area (TPSA) is 182 Å². The van der Waals surface area contributed by atoms with Gasteiger partial charge in [-0.15, -0.1) is 0 Å². The number of hydrogen-bond acceptors (Lipinski definition) is 11. The molecule has 4 rings (SSSR count). The summed E-state index contributed by atoms with van der Waals surface area (Å²) in [6.07, 6.45) is 0.229. The predicted molar refractivity (Wildman–Crippen MR) is 155 cm³/mol. The fourth-order valence-electron chi connectivity index (χ4n) is 4.46. The summed E-state index contributed by atoms with van der Waals surface area (Å²) in [6.45, 7) is 3.66. The SMILES string of the molecule is COc1ccc(CN2CC(COc3nc(-c4cccc(C#N)c4)nc(N)c3C(=O)NOCC(C)(C)O)CC2=O)c(OC)c1. The third kappa shape index (κ3) is 7.88. The van der Waals surface area contributed by atoms with E-state index in [-0.39, 0.29) is 54.5 Å². The number of nitrogens with two attached hydrogens (primary N) is 1. The van der Waals surface area contributed by atoms with Crippen molar-refractivity contribution >= 4 is 17.6 Å². The first-order valence-electron chi connectivity index (χ1n) is 13.4. The number of amides is 2. The molecule has 3 aromatic rings. The molecular weight excluding hydrogens is 556 g/mol. The fourth-order valence-corrected chi connectivity index (χ4v) is 4.46. The first-order valence-corrected chi connectivity index (χ1v) is 13.4. The molecule has 4 N–H and O–H groups in total. The summed E-state index contributed by atoms with van der Waals surface area (Å²) in [5.41, 5.74) is 8.80. The second kappa shape index (κ2) is 13.4. The minimum absolute atomic E-state index is 0.0549. The number of nitrogens with zero attached hydrogens (tertiary/aromatic N) is 4. The van der Waals surface area contributed by atoms with Gasteiger partial charge in [-0.3, -0.25) is 14.4 Å². The Hall–Kier alpha value is -4.93. The lowest BCUT2D eigenvalue weighted by Gasteiger charge is -2.20. The maximum absolute atomic E-state index is 13.0. The van der Waals surface area contributed by atoms with Crippen molar-refractivity contribution in [1.82, 2.24) is 20.3 Å². The molecule has 13 nitrogen and oxygen atoms in total. The molecule has 0 radical (unpaired) electrons. The average Bonchev–Trinajstić information content (AvgIpc) is 3.33. The molecule has 1 fully saturated rings. The van der Waals surface area contributed by atoms with E-state index in [9.17, 15) is 20.0 Å². The van der Waals surface area contributed by atoms with Crippen LogP contribution in [0.2, 0.25) is 0 Å². The number of benzene rings is 2. The van der Waals surface area contributed by atoms with E-state index in [0.717, 1.165) is 5.56 Å². The Labute approximate surface area is 249 Å². The molecule has 1 aliphatic rings. The maximum atomic E-state index is 13.0. The highest BCUT2D eigenvalue weighted by Crippen LogP contribution is 2.30. The monoisotopic (exact) mass is 590 g/mol. The van der Waals surface area contributed by atoms with Crippen LogP contribution in [0.1, 0.15) is 41.8 Å². The van der Waals surface area contributed by atoms with E-state index >= 15 is 0 Å². The molecule has 2 heterocycles. The van der Waals surface area contributed by atoms with Crippen molar-refractivity contribution in [3.8, 4) is 34.8 Å². The van der Waals surface area contributed by atoms with Crippen molar-refractivity contribution in [3.05, 3.63) is 59.2 Å². The van der Waals surface area contributed by atoms with Crippen LogP contribution in [-0.4, -0.2) is 71.4 Å². The molecule has 1 saturated heterocycles. The Morgan fingerprint density at radius 1 is 1.21 bits per heavy atom. The van der Waals surface area contributed by atoms with Gasteiger partial charge in [0, 0.05) is 42.6 Å². The molecule has 0 aliphatic carbocycles. The molecule has 0 saturated carbocycles. The molecule has 1 unspecified atom stereocenters. The minimum atomic E-state index is -1.19. The van der Waals surface area contributed by atoms with Crippen molar-refractivity contribution in [2.75, 3.05) is 39.7 Å². The van der Waals surface area contributed by atoms with Crippen LogP contribution in [-0.2, 0) is 16.2 Å². The molecule has 0 spiro atoms. The number of hydrogen-bond donors (Lipinski definition) is 3. The molecule has 226 valence electrons. The number of nitrogens with one attached hydrogen (secondary N) is 1. The number of rotatable bonds is 12. The summed E-state index contributed by atoms with van der Waals surface area (Å²) >= 11 is 0. The zero-order valence-corrected chi connectivity index (χ0v) is 24.4. The summed E-state index contributed by atoms with van der Waals surface area (Å²) < 4.78 is 16.8. The number of ether oxygens (including phenoxy) is 3. The number of carbonyl (C=O) groups excluding carboxylic acids is 2. The lowest BCUT2D eigenvalue weighted by Crippen LogP contribution is -2.34. The van der Waals surface area contributed by atoms with Crippen molar-refractivity contribution in [2.45, 2.75) is 32.4 Å². The van der Waals surface area contributed by atoms with Gasteiger partial charge in [0.15, 0.2) is 5.82 Å². The van der Waals surface area contributed by atoms with Gasteiger partial charge in [-0.25, -0.2) is 10.5 Å². The van der Waals surface area contributed by atoms with Gasteiger partial charge < -0.3 is 30.0 Å². The quantitative estimate of drug-likeness (QED) is 0.264. The van der Waals surface area contributed by atoms with Crippen LogP contribution in [0.3, 0.4) is 0 Å². The molecule has 1 aromatic heterocycles. The maximum Gasteiger partial charge on any atom is 0.284 e. The number of methoxy groups -OCH3 is 2. The van der Waals surface area contributed by atoms with Crippen molar-refractivity contribution in [3.63, 3.8) is 0 Å². The van der Waals surface area contributed by atoms with Crippen LogP contribution in [0.15, 0.2) is 42.5 Å². The third-order valence-corrected chi connectivity index (χ3v) is 6.58.